The molecule has 0 spiro atoms. The van der Waals surface area contributed by atoms with E-state index in [0.29, 0.717) is 11.5 Å². The highest BCUT2D eigenvalue weighted by molar-refractivity contribution is 6.20. The first-order chi connectivity index (χ1) is 9.59. The highest BCUT2D eigenvalue weighted by Gasteiger charge is 2.40. The summed E-state index contributed by atoms with van der Waals surface area (Å²) in [4.78, 5) is 43.0. The Kier molecular flexibility index (Phi) is 3.02. The largest absolute Gasteiger partial charge is 0.350 e. The predicted octanol–water partition coefficient (Wildman–Crippen LogP) is 0.835. The van der Waals surface area contributed by atoms with Gasteiger partial charge in [0.05, 0.1) is 11.1 Å². The molecule has 0 aliphatic carbocycles. The van der Waals surface area contributed by atoms with Gasteiger partial charge < -0.3 is 4.84 Å². The molecule has 0 bridgehead atoms. The number of carbonyl (C=O) groups excluding carboxylic acids is 3. The van der Waals surface area contributed by atoms with Gasteiger partial charge in [-0.3, -0.25) is 14.5 Å². The Morgan fingerprint density at radius 3 is 2.30 bits per heavy atom. The maximum Gasteiger partial charge on any atom is 0.350 e. The Morgan fingerprint density at radius 1 is 1.20 bits per heavy atom. The van der Waals surface area contributed by atoms with Gasteiger partial charge >= 0.3 is 5.97 Å². The summed E-state index contributed by atoms with van der Waals surface area (Å²) in [7, 11) is 1.82. The number of carbonyl (C=O) groups is 3. The zero-order chi connectivity index (χ0) is 14.3. The van der Waals surface area contributed by atoms with Crippen LogP contribution in [0.4, 0.5) is 0 Å². The van der Waals surface area contributed by atoms with Crippen molar-refractivity contribution in [3.63, 3.8) is 0 Å². The first-order valence-corrected chi connectivity index (χ1v) is 6.49. The predicted molar refractivity (Wildman–Crippen MR) is 68.7 cm³/mol. The Balaban J connectivity index is 1.78. The van der Waals surface area contributed by atoms with Crippen LogP contribution in [0.25, 0.3) is 0 Å². The van der Waals surface area contributed by atoms with Gasteiger partial charge in [0.2, 0.25) is 0 Å². The number of fused-ring (bicyclic) bond motifs is 1. The van der Waals surface area contributed by atoms with Crippen LogP contribution < -0.4 is 0 Å². The molecule has 20 heavy (non-hydrogen) atoms. The Morgan fingerprint density at radius 2 is 1.80 bits per heavy atom. The second kappa shape index (κ2) is 4.72. The molecule has 2 amide bonds. The van der Waals surface area contributed by atoms with Crippen molar-refractivity contribution in [3.05, 3.63) is 35.4 Å². The van der Waals surface area contributed by atoms with Crippen molar-refractivity contribution in [2.45, 2.75) is 18.9 Å². The van der Waals surface area contributed by atoms with Crippen molar-refractivity contribution in [3.8, 4) is 0 Å². The van der Waals surface area contributed by atoms with Crippen molar-refractivity contribution in [1.82, 2.24) is 9.96 Å². The van der Waals surface area contributed by atoms with Crippen molar-refractivity contribution in [2.75, 3.05) is 13.6 Å². The van der Waals surface area contributed by atoms with E-state index < -0.39 is 17.8 Å². The van der Waals surface area contributed by atoms with Crippen molar-refractivity contribution < 1.29 is 19.2 Å². The van der Waals surface area contributed by atoms with E-state index in [1.807, 2.05) is 11.9 Å². The summed E-state index contributed by atoms with van der Waals surface area (Å²) in [6.45, 7) is 0.807. The van der Waals surface area contributed by atoms with Crippen LogP contribution in [-0.4, -0.2) is 47.4 Å². The number of hydroxylamine groups is 2. The maximum atomic E-state index is 12.1. The van der Waals surface area contributed by atoms with Crippen molar-refractivity contribution >= 4 is 17.8 Å². The van der Waals surface area contributed by atoms with Gasteiger partial charge in [0.1, 0.15) is 6.04 Å². The van der Waals surface area contributed by atoms with E-state index in [-0.39, 0.29) is 17.2 Å². The Bertz CT molecular complexity index is 564. The van der Waals surface area contributed by atoms with Crippen molar-refractivity contribution in [1.29, 1.82) is 0 Å². The number of amides is 2. The first kappa shape index (κ1) is 12.8. The SMILES string of the molecule is CN1CCCC1C(=O)ON1C(=O)c2ccccc2C1=O. The molecule has 3 rings (SSSR count). The summed E-state index contributed by atoms with van der Waals surface area (Å²) in [6, 6.07) is 6.04. The molecule has 1 atom stereocenters. The fourth-order valence-corrected chi connectivity index (χ4v) is 2.61. The third-order valence-corrected chi connectivity index (χ3v) is 3.73. The maximum absolute atomic E-state index is 12.1. The molecule has 2 aliphatic heterocycles. The summed E-state index contributed by atoms with van der Waals surface area (Å²) in [5.74, 6) is -1.72. The standard InChI is InChI=1S/C14H14N2O4/c1-15-8-4-7-11(15)14(19)20-16-12(17)9-5-2-3-6-10(9)13(16)18/h2-3,5-6,11H,4,7-8H2,1H3. The van der Waals surface area contributed by atoms with Crippen LogP contribution in [0.15, 0.2) is 24.3 Å². The minimum absolute atomic E-state index is 0.269. The second-order valence-electron chi connectivity index (χ2n) is 5.00. The lowest BCUT2D eigenvalue weighted by Crippen LogP contribution is -2.41. The molecule has 6 heteroatoms. The van der Waals surface area contributed by atoms with Gasteiger partial charge in [0.25, 0.3) is 11.8 Å². The molecule has 1 unspecified atom stereocenters. The average Bonchev–Trinajstić information content (AvgIpc) is 2.97. The zero-order valence-electron chi connectivity index (χ0n) is 11.0. The molecular weight excluding hydrogens is 260 g/mol. The Labute approximate surface area is 115 Å². The summed E-state index contributed by atoms with van der Waals surface area (Å²) in [5, 5.41) is 0.569. The summed E-state index contributed by atoms with van der Waals surface area (Å²) < 4.78 is 0. The highest BCUT2D eigenvalue weighted by Crippen LogP contribution is 2.24. The van der Waals surface area contributed by atoms with Gasteiger partial charge in [-0.05, 0) is 38.6 Å². The fraction of sp³-hybridized carbons (Fsp3) is 0.357. The number of likely N-dealkylation sites (N-methyl/N-ethyl adjacent to an activating group) is 1. The van der Waals surface area contributed by atoms with E-state index in [0.717, 1.165) is 13.0 Å². The van der Waals surface area contributed by atoms with Crippen LogP contribution in [0.5, 0.6) is 0 Å². The summed E-state index contributed by atoms with van der Waals surface area (Å²) in [6.07, 6.45) is 1.58. The molecule has 0 radical (unpaired) electrons. The third kappa shape index (κ3) is 1.89. The van der Waals surface area contributed by atoms with Crippen LogP contribution in [-0.2, 0) is 9.63 Å². The molecule has 0 N–H and O–H groups in total. The molecule has 0 saturated carbocycles. The number of hydrogen-bond donors (Lipinski definition) is 0. The first-order valence-electron chi connectivity index (χ1n) is 6.49. The summed E-state index contributed by atoms with van der Waals surface area (Å²) >= 11 is 0. The quantitative estimate of drug-likeness (QED) is 0.747. The van der Waals surface area contributed by atoms with Crippen LogP contribution in [0, 0.1) is 0 Å². The number of nitrogens with zero attached hydrogens (tertiary/aromatic N) is 2. The number of imide groups is 1. The van der Waals surface area contributed by atoms with Crippen LogP contribution in [0.3, 0.4) is 0 Å². The molecule has 6 nitrogen and oxygen atoms in total. The highest BCUT2D eigenvalue weighted by atomic mass is 16.7. The van der Waals surface area contributed by atoms with Crippen LogP contribution in [0.1, 0.15) is 33.6 Å². The number of benzene rings is 1. The lowest BCUT2D eigenvalue weighted by molar-refractivity contribution is -0.173. The number of rotatable bonds is 2. The minimum atomic E-state index is -0.584. The average molecular weight is 274 g/mol. The summed E-state index contributed by atoms with van der Waals surface area (Å²) in [5.41, 5.74) is 0.537. The van der Waals surface area contributed by atoms with Gasteiger partial charge in [0.15, 0.2) is 0 Å². The smallest absolute Gasteiger partial charge is 0.328 e. The Hall–Kier alpha value is -2.21. The van der Waals surface area contributed by atoms with Gasteiger partial charge in [-0.1, -0.05) is 17.2 Å². The molecule has 2 aliphatic rings. The van der Waals surface area contributed by atoms with E-state index >= 15 is 0 Å². The van der Waals surface area contributed by atoms with Gasteiger partial charge in [-0.25, -0.2) is 4.79 Å². The van der Waals surface area contributed by atoms with Gasteiger partial charge in [-0.2, -0.15) is 0 Å². The normalized spacial score (nSPS) is 22.2. The molecule has 1 fully saturated rings. The monoisotopic (exact) mass is 274 g/mol. The van der Waals surface area contributed by atoms with E-state index in [1.165, 1.54) is 0 Å². The number of likely N-dealkylation sites (tertiary alicyclic amines) is 1. The lowest BCUT2D eigenvalue weighted by atomic mass is 10.1. The molecule has 1 aromatic carbocycles. The van der Waals surface area contributed by atoms with Gasteiger partial charge in [0, 0.05) is 0 Å². The van der Waals surface area contributed by atoms with E-state index in [4.69, 9.17) is 4.84 Å². The zero-order valence-corrected chi connectivity index (χ0v) is 11.0. The fourth-order valence-electron chi connectivity index (χ4n) is 2.61. The minimum Gasteiger partial charge on any atom is -0.328 e. The van der Waals surface area contributed by atoms with Gasteiger partial charge in [-0.15, -0.1) is 0 Å². The van der Waals surface area contributed by atoms with E-state index in [9.17, 15) is 14.4 Å². The second-order valence-corrected chi connectivity index (χ2v) is 5.00. The molecule has 104 valence electrons. The molecule has 1 saturated heterocycles. The van der Waals surface area contributed by atoms with Crippen molar-refractivity contribution in [2.24, 2.45) is 0 Å². The number of hydrogen-bond acceptors (Lipinski definition) is 5. The molecule has 2 heterocycles. The topological polar surface area (TPSA) is 66.9 Å². The molecular formula is C14H14N2O4. The van der Waals surface area contributed by atoms with Crippen LogP contribution in [0.2, 0.25) is 0 Å². The molecule has 0 aromatic heterocycles. The lowest BCUT2D eigenvalue weighted by Gasteiger charge is -2.20. The third-order valence-electron chi connectivity index (χ3n) is 3.73. The van der Waals surface area contributed by atoms with E-state index in [2.05, 4.69) is 0 Å². The van der Waals surface area contributed by atoms with Crippen LogP contribution >= 0.6 is 0 Å². The molecule has 1 aromatic rings. The van der Waals surface area contributed by atoms with E-state index in [1.54, 1.807) is 24.3 Å².